The largest absolute Gasteiger partial charge is 0.459 e. The highest BCUT2D eigenvalue weighted by molar-refractivity contribution is 5.82. The number of carbonyl (C=O) groups excluding carboxylic acids is 1. The van der Waals surface area contributed by atoms with Crippen molar-refractivity contribution in [1.29, 1.82) is 0 Å². The van der Waals surface area contributed by atoms with Gasteiger partial charge in [-0.25, -0.2) is 4.79 Å². The molecule has 0 spiro atoms. The minimum Gasteiger partial charge on any atom is -0.459 e. The van der Waals surface area contributed by atoms with Gasteiger partial charge in [-0.2, -0.15) is 0 Å². The highest BCUT2D eigenvalue weighted by Crippen LogP contribution is 2.53. The monoisotopic (exact) mass is 282 g/mol. The summed E-state index contributed by atoms with van der Waals surface area (Å²) >= 11 is 0. The molecule has 3 rings (SSSR count). The van der Waals surface area contributed by atoms with E-state index in [0.29, 0.717) is 19.3 Å². The van der Waals surface area contributed by atoms with Gasteiger partial charge in [-0.1, -0.05) is 19.1 Å². The van der Waals surface area contributed by atoms with Crippen molar-refractivity contribution in [2.45, 2.75) is 44.0 Å². The zero-order chi connectivity index (χ0) is 14.7. The number of rotatable bonds is 1. The number of allylic oxidation sites excluding steroid dienone is 1. The van der Waals surface area contributed by atoms with E-state index in [4.69, 9.17) is 4.74 Å². The van der Waals surface area contributed by atoms with Crippen molar-refractivity contribution in [2.75, 3.05) is 6.61 Å². The van der Waals surface area contributed by atoms with E-state index in [2.05, 4.69) is 6.58 Å². The summed E-state index contributed by atoms with van der Waals surface area (Å²) in [6, 6.07) is 0. The third-order valence-corrected chi connectivity index (χ3v) is 5.70. The fourth-order valence-corrected chi connectivity index (χ4v) is 4.41. The van der Waals surface area contributed by atoms with Crippen molar-refractivity contribution in [2.24, 2.45) is 23.7 Å². The van der Waals surface area contributed by atoms with Crippen LogP contribution in [0.25, 0.3) is 0 Å². The lowest BCUT2D eigenvalue weighted by Gasteiger charge is -2.30. The number of ether oxygens (including phenoxy) is 1. The SMILES string of the molecule is C=C1CC[C@H]2[C@@H](OC(=O)[C@]2(O)CO)[C@@H]2[C@@H](C)[C@H](O)C[C@H]12. The van der Waals surface area contributed by atoms with Crippen molar-refractivity contribution in [3.05, 3.63) is 12.2 Å². The molecule has 2 aliphatic carbocycles. The second kappa shape index (κ2) is 4.55. The molecule has 0 radical (unpaired) electrons. The van der Waals surface area contributed by atoms with Gasteiger partial charge in [0.2, 0.25) is 0 Å². The molecule has 5 heteroatoms. The van der Waals surface area contributed by atoms with Crippen LogP contribution in [0.2, 0.25) is 0 Å². The summed E-state index contributed by atoms with van der Waals surface area (Å²) in [5.74, 6) is -1.04. The van der Waals surface area contributed by atoms with Gasteiger partial charge in [0, 0.05) is 11.8 Å². The Kier molecular flexibility index (Phi) is 3.19. The van der Waals surface area contributed by atoms with Crippen LogP contribution in [-0.4, -0.2) is 45.7 Å². The number of aliphatic hydroxyl groups excluding tert-OH is 2. The Morgan fingerprint density at radius 1 is 1.50 bits per heavy atom. The van der Waals surface area contributed by atoms with Crippen LogP contribution in [0.1, 0.15) is 26.2 Å². The van der Waals surface area contributed by atoms with E-state index in [1.165, 1.54) is 0 Å². The standard InChI is InChI=1S/C15H22O5/c1-7-3-4-10-13(20-14(18)15(10,19)6-16)12-8(2)11(17)5-9(7)12/h8-13,16-17,19H,1,3-6H2,2H3/t8-,9+,10-,11+,12+,13+,15-/m0/s1. The zero-order valence-electron chi connectivity index (χ0n) is 11.7. The lowest BCUT2D eigenvalue weighted by Crippen LogP contribution is -2.46. The molecule has 3 aliphatic rings. The van der Waals surface area contributed by atoms with Crippen LogP contribution in [-0.2, 0) is 9.53 Å². The topological polar surface area (TPSA) is 87.0 Å². The predicted molar refractivity (Wildman–Crippen MR) is 70.5 cm³/mol. The van der Waals surface area contributed by atoms with Gasteiger partial charge < -0.3 is 20.1 Å². The van der Waals surface area contributed by atoms with E-state index in [0.717, 1.165) is 5.57 Å². The quantitative estimate of drug-likeness (QED) is 0.473. The molecule has 5 nitrogen and oxygen atoms in total. The van der Waals surface area contributed by atoms with E-state index >= 15 is 0 Å². The summed E-state index contributed by atoms with van der Waals surface area (Å²) in [6.07, 6.45) is 1.06. The molecule has 3 N–H and O–H groups in total. The van der Waals surface area contributed by atoms with Gasteiger partial charge >= 0.3 is 5.97 Å². The highest BCUT2D eigenvalue weighted by Gasteiger charge is 2.62. The Hall–Kier alpha value is -0.910. The third-order valence-electron chi connectivity index (χ3n) is 5.70. The Labute approximate surface area is 118 Å². The minimum atomic E-state index is -1.80. The van der Waals surface area contributed by atoms with Crippen molar-refractivity contribution in [1.82, 2.24) is 0 Å². The van der Waals surface area contributed by atoms with Gasteiger partial charge in [0.1, 0.15) is 6.10 Å². The fourth-order valence-electron chi connectivity index (χ4n) is 4.41. The lowest BCUT2D eigenvalue weighted by atomic mass is 9.76. The molecule has 1 aliphatic heterocycles. The van der Waals surface area contributed by atoms with Crippen LogP contribution < -0.4 is 0 Å². The Morgan fingerprint density at radius 2 is 2.20 bits per heavy atom. The maximum Gasteiger partial charge on any atom is 0.341 e. The summed E-state index contributed by atoms with van der Waals surface area (Å²) in [6.45, 7) is 5.45. The predicted octanol–water partition coefficient (Wildman–Crippen LogP) is 0.234. The number of hydrogen-bond donors (Lipinski definition) is 3. The molecule has 3 fully saturated rings. The molecule has 0 aromatic carbocycles. The van der Waals surface area contributed by atoms with E-state index in [1.54, 1.807) is 0 Å². The Morgan fingerprint density at radius 3 is 2.85 bits per heavy atom. The molecule has 7 atom stereocenters. The first-order valence-corrected chi connectivity index (χ1v) is 7.30. The van der Waals surface area contributed by atoms with Gasteiger partial charge in [-0.05, 0) is 31.1 Å². The second-order valence-electron chi connectivity index (χ2n) is 6.60. The summed E-state index contributed by atoms with van der Waals surface area (Å²) in [7, 11) is 0. The highest BCUT2D eigenvalue weighted by atomic mass is 16.6. The number of carbonyl (C=O) groups is 1. The average molecular weight is 282 g/mol. The van der Waals surface area contributed by atoms with Crippen molar-refractivity contribution < 1.29 is 24.9 Å². The molecule has 0 unspecified atom stereocenters. The van der Waals surface area contributed by atoms with Crippen molar-refractivity contribution >= 4 is 5.97 Å². The molecule has 0 amide bonds. The van der Waals surface area contributed by atoms with Crippen LogP contribution in [0.15, 0.2) is 12.2 Å². The molecule has 0 aromatic rings. The fraction of sp³-hybridized carbons (Fsp3) is 0.800. The Bertz CT molecular complexity index is 448. The molecule has 20 heavy (non-hydrogen) atoms. The number of fused-ring (bicyclic) bond motifs is 3. The summed E-state index contributed by atoms with van der Waals surface area (Å²) in [5, 5.41) is 30.0. The van der Waals surface area contributed by atoms with Crippen LogP contribution in [0, 0.1) is 23.7 Å². The number of esters is 1. The first-order chi connectivity index (χ1) is 9.40. The molecule has 112 valence electrons. The van der Waals surface area contributed by atoms with Crippen LogP contribution in [0.3, 0.4) is 0 Å². The van der Waals surface area contributed by atoms with Gasteiger partial charge in [-0.3, -0.25) is 0 Å². The van der Waals surface area contributed by atoms with Gasteiger partial charge in [0.05, 0.1) is 12.7 Å². The summed E-state index contributed by atoms with van der Waals surface area (Å²) in [4.78, 5) is 11.9. The van der Waals surface area contributed by atoms with Crippen molar-refractivity contribution in [3.63, 3.8) is 0 Å². The molecule has 0 aromatic heterocycles. The maximum atomic E-state index is 11.9. The molecule has 1 heterocycles. The lowest BCUT2D eigenvalue weighted by molar-refractivity contribution is -0.160. The smallest absolute Gasteiger partial charge is 0.341 e. The summed E-state index contributed by atoms with van der Waals surface area (Å²) in [5.41, 5.74) is -0.739. The third kappa shape index (κ3) is 1.70. The molecule has 2 saturated carbocycles. The van der Waals surface area contributed by atoms with Gasteiger partial charge in [0.25, 0.3) is 0 Å². The van der Waals surface area contributed by atoms with Gasteiger partial charge in [-0.15, -0.1) is 0 Å². The van der Waals surface area contributed by atoms with Crippen LogP contribution in [0.5, 0.6) is 0 Å². The normalized spacial score (nSPS) is 51.4. The van der Waals surface area contributed by atoms with Crippen LogP contribution >= 0.6 is 0 Å². The maximum absolute atomic E-state index is 11.9. The zero-order valence-corrected chi connectivity index (χ0v) is 11.7. The molecule has 1 saturated heterocycles. The van der Waals surface area contributed by atoms with E-state index in [1.807, 2.05) is 6.92 Å². The second-order valence-corrected chi connectivity index (χ2v) is 6.60. The van der Waals surface area contributed by atoms with E-state index in [-0.39, 0.29) is 17.8 Å². The first-order valence-electron chi connectivity index (χ1n) is 7.30. The summed E-state index contributed by atoms with van der Waals surface area (Å²) < 4.78 is 5.43. The van der Waals surface area contributed by atoms with Crippen molar-refractivity contribution in [3.8, 4) is 0 Å². The van der Waals surface area contributed by atoms with Gasteiger partial charge in [0.15, 0.2) is 5.60 Å². The molecular formula is C15H22O5. The Balaban J connectivity index is 2.00. The van der Waals surface area contributed by atoms with Crippen LogP contribution in [0.4, 0.5) is 0 Å². The minimum absolute atomic E-state index is 0.00353. The molecular weight excluding hydrogens is 260 g/mol. The average Bonchev–Trinajstić information content (AvgIpc) is 2.79. The molecule has 0 bridgehead atoms. The first kappa shape index (κ1) is 14.0. The number of aliphatic hydroxyl groups is 3. The number of hydrogen-bond acceptors (Lipinski definition) is 5. The van der Waals surface area contributed by atoms with E-state index in [9.17, 15) is 20.1 Å². The van der Waals surface area contributed by atoms with E-state index < -0.39 is 36.3 Å².